The summed E-state index contributed by atoms with van der Waals surface area (Å²) >= 11 is 0. The van der Waals surface area contributed by atoms with Gasteiger partial charge in [0.15, 0.2) is 5.69 Å². The minimum atomic E-state index is -4.51. The number of hydrogen-bond donors (Lipinski definition) is 0. The van der Waals surface area contributed by atoms with E-state index in [9.17, 15) is 13.2 Å². The predicted octanol–water partition coefficient (Wildman–Crippen LogP) is 1.01. The molecule has 0 spiro atoms. The van der Waals surface area contributed by atoms with Crippen LogP contribution in [0.5, 0.6) is 0 Å². The van der Waals surface area contributed by atoms with Crippen molar-refractivity contribution in [3.8, 4) is 0 Å². The molecule has 1 unspecified atom stereocenters. The summed E-state index contributed by atoms with van der Waals surface area (Å²) in [7, 11) is 5.44. The number of nitrogens with zero attached hydrogens (tertiary/aromatic N) is 6. The fourth-order valence-corrected chi connectivity index (χ4v) is 3.27. The molecule has 0 radical (unpaired) electrons. The first kappa shape index (κ1) is 20.1. The van der Waals surface area contributed by atoms with Gasteiger partial charge in [0.2, 0.25) is 5.95 Å². The van der Waals surface area contributed by atoms with Gasteiger partial charge in [0.1, 0.15) is 5.82 Å². The molecule has 2 aliphatic rings. The lowest BCUT2D eigenvalue weighted by Crippen LogP contribution is -2.52. The number of likely N-dealkylation sites (N-methyl/N-ethyl adjacent to an activating group) is 1. The van der Waals surface area contributed by atoms with E-state index in [1.54, 1.807) is 23.9 Å². The van der Waals surface area contributed by atoms with Gasteiger partial charge in [-0.15, -0.1) is 0 Å². The SMILES string of the molecule is CN1CCN(CC2CN(c3nc(N(C)C)cc(C(F)(F)F)n3)CCO2)CC1. The van der Waals surface area contributed by atoms with Crippen molar-refractivity contribution in [3.63, 3.8) is 0 Å². The second-order valence-electron chi connectivity index (χ2n) is 7.35. The van der Waals surface area contributed by atoms with Gasteiger partial charge in [0.25, 0.3) is 0 Å². The molecule has 2 aliphatic heterocycles. The highest BCUT2D eigenvalue weighted by Crippen LogP contribution is 2.31. The molecule has 3 rings (SSSR count). The van der Waals surface area contributed by atoms with Crippen LogP contribution in [0.4, 0.5) is 24.9 Å². The number of anilines is 2. The van der Waals surface area contributed by atoms with Crippen LogP contribution in [0.15, 0.2) is 6.07 Å². The van der Waals surface area contributed by atoms with E-state index in [0.29, 0.717) is 19.7 Å². The van der Waals surface area contributed by atoms with Crippen LogP contribution >= 0.6 is 0 Å². The van der Waals surface area contributed by atoms with Crippen LogP contribution in [0, 0.1) is 0 Å². The molecule has 1 aromatic rings. The average Bonchev–Trinajstić information content (AvgIpc) is 2.63. The van der Waals surface area contributed by atoms with Gasteiger partial charge in [-0.2, -0.15) is 18.2 Å². The van der Waals surface area contributed by atoms with E-state index < -0.39 is 11.9 Å². The van der Waals surface area contributed by atoms with Gasteiger partial charge in [-0.3, -0.25) is 4.90 Å². The second-order valence-corrected chi connectivity index (χ2v) is 7.35. The van der Waals surface area contributed by atoms with Crippen molar-refractivity contribution in [2.75, 3.05) is 83.4 Å². The molecule has 1 atom stereocenters. The van der Waals surface area contributed by atoms with Gasteiger partial charge < -0.3 is 19.4 Å². The molecular formula is C17H27F3N6O. The Morgan fingerprint density at radius 3 is 2.48 bits per heavy atom. The molecule has 10 heteroatoms. The van der Waals surface area contributed by atoms with E-state index in [2.05, 4.69) is 26.8 Å². The minimum absolute atomic E-state index is 0.0666. The van der Waals surface area contributed by atoms with E-state index in [4.69, 9.17) is 4.74 Å². The molecule has 0 bridgehead atoms. The zero-order valence-electron chi connectivity index (χ0n) is 16.0. The van der Waals surface area contributed by atoms with Crippen LogP contribution in [0.25, 0.3) is 0 Å². The normalized spacial score (nSPS) is 22.9. The van der Waals surface area contributed by atoms with Gasteiger partial charge in [-0.1, -0.05) is 0 Å². The summed E-state index contributed by atoms with van der Waals surface area (Å²) in [5, 5.41) is 0. The standard InChI is InChI=1S/C17H27F3N6O/c1-23(2)15-10-14(17(18,19)20)21-16(22-15)26-8-9-27-13(12-26)11-25-6-4-24(3)5-7-25/h10,13H,4-9,11-12H2,1-3H3. The zero-order valence-corrected chi connectivity index (χ0v) is 16.0. The first-order valence-corrected chi connectivity index (χ1v) is 9.13. The molecule has 3 heterocycles. The first-order valence-electron chi connectivity index (χ1n) is 9.13. The number of alkyl halides is 3. The fraction of sp³-hybridized carbons (Fsp3) is 0.765. The van der Waals surface area contributed by atoms with Crippen molar-refractivity contribution in [3.05, 3.63) is 11.8 Å². The molecule has 0 saturated carbocycles. The summed E-state index contributed by atoms with van der Waals surface area (Å²) in [6, 6.07) is 0.978. The average molecular weight is 388 g/mol. The lowest BCUT2D eigenvalue weighted by molar-refractivity contribution is -0.141. The quantitative estimate of drug-likeness (QED) is 0.763. The van der Waals surface area contributed by atoms with Crippen LogP contribution in [0.1, 0.15) is 5.69 Å². The van der Waals surface area contributed by atoms with Crippen LogP contribution in [-0.4, -0.2) is 99.4 Å². The summed E-state index contributed by atoms with van der Waals surface area (Å²) in [5.74, 6) is 0.356. The highest BCUT2D eigenvalue weighted by Gasteiger charge is 2.35. The highest BCUT2D eigenvalue weighted by atomic mass is 19.4. The Morgan fingerprint density at radius 1 is 1.15 bits per heavy atom. The number of ether oxygens (including phenoxy) is 1. The Labute approximate surface area is 157 Å². The van der Waals surface area contributed by atoms with Crippen LogP contribution in [0.2, 0.25) is 0 Å². The van der Waals surface area contributed by atoms with Crippen molar-refractivity contribution in [2.24, 2.45) is 0 Å². The lowest BCUT2D eigenvalue weighted by atomic mass is 10.2. The Kier molecular flexibility index (Phi) is 6.07. The molecule has 0 aliphatic carbocycles. The van der Waals surface area contributed by atoms with E-state index >= 15 is 0 Å². The van der Waals surface area contributed by atoms with Gasteiger partial charge in [0, 0.05) is 66.0 Å². The molecule has 7 nitrogen and oxygen atoms in total. The van der Waals surface area contributed by atoms with Crippen molar-refractivity contribution in [1.82, 2.24) is 19.8 Å². The molecule has 2 fully saturated rings. The van der Waals surface area contributed by atoms with E-state index in [1.165, 1.54) is 0 Å². The Bertz CT molecular complexity index is 634. The molecule has 0 aromatic carbocycles. The number of piperazine rings is 1. The second kappa shape index (κ2) is 8.15. The lowest BCUT2D eigenvalue weighted by Gasteiger charge is -2.38. The maximum absolute atomic E-state index is 13.2. The number of hydrogen-bond acceptors (Lipinski definition) is 7. The van der Waals surface area contributed by atoms with Gasteiger partial charge >= 0.3 is 6.18 Å². The van der Waals surface area contributed by atoms with E-state index in [-0.39, 0.29) is 17.9 Å². The summed E-state index contributed by atoms with van der Waals surface area (Å²) in [4.78, 5) is 16.1. The van der Waals surface area contributed by atoms with Crippen LogP contribution in [0.3, 0.4) is 0 Å². The van der Waals surface area contributed by atoms with E-state index in [1.807, 2.05) is 0 Å². The Morgan fingerprint density at radius 2 is 1.85 bits per heavy atom. The Balaban J connectivity index is 1.72. The van der Waals surface area contributed by atoms with Crippen LogP contribution in [-0.2, 0) is 10.9 Å². The molecule has 27 heavy (non-hydrogen) atoms. The van der Waals surface area contributed by atoms with Crippen molar-refractivity contribution in [2.45, 2.75) is 12.3 Å². The molecule has 2 saturated heterocycles. The predicted molar refractivity (Wildman–Crippen MR) is 97.3 cm³/mol. The third-order valence-electron chi connectivity index (χ3n) is 4.93. The molecule has 0 N–H and O–H groups in total. The monoisotopic (exact) mass is 388 g/mol. The third-order valence-corrected chi connectivity index (χ3v) is 4.93. The summed E-state index contributed by atoms with van der Waals surface area (Å²) in [6.07, 6.45) is -4.57. The largest absolute Gasteiger partial charge is 0.433 e. The van der Waals surface area contributed by atoms with E-state index in [0.717, 1.165) is 38.8 Å². The zero-order chi connectivity index (χ0) is 19.6. The smallest absolute Gasteiger partial charge is 0.373 e. The van der Waals surface area contributed by atoms with Crippen molar-refractivity contribution >= 4 is 11.8 Å². The van der Waals surface area contributed by atoms with Crippen molar-refractivity contribution in [1.29, 1.82) is 0 Å². The minimum Gasteiger partial charge on any atom is -0.373 e. The van der Waals surface area contributed by atoms with Crippen molar-refractivity contribution < 1.29 is 17.9 Å². The maximum Gasteiger partial charge on any atom is 0.433 e. The maximum atomic E-state index is 13.2. The number of rotatable bonds is 4. The molecular weight excluding hydrogens is 361 g/mol. The number of morpholine rings is 1. The third kappa shape index (κ3) is 5.20. The van der Waals surface area contributed by atoms with Crippen LogP contribution < -0.4 is 9.80 Å². The number of aromatic nitrogens is 2. The molecule has 1 aromatic heterocycles. The summed E-state index contributed by atoms with van der Waals surface area (Å²) in [5.41, 5.74) is -0.918. The molecule has 0 amide bonds. The van der Waals surface area contributed by atoms with Gasteiger partial charge in [0.05, 0.1) is 12.7 Å². The highest BCUT2D eigenvalue weighted by molar-refractivity contribution is 5.46. The number of halogens is 3. The van der Waals surface area contributed by atoms with Gasteiger partial charge in [-0.25, -0.2) is 4.98 Å². The fourth-order valence-electron chi connectivity index (χ4n) is 3.27. The topological polar surface area (TPSA) is 48.0 Å². The summed E-state index contributed by atoms with van der Waals surface area (Å²) < 4.78 is 45.5. The first-order chi connectivity index (χ1) is 12.7. The van der Waals surface area contributed by atoms with Gasteiger partial charge in [-0.05, 0) is 7.05 Å². The summed E-state index contributed by atoms with van der Waals surface area (Å²) in [6.45, 7) is 6.16. The molecule has 152 valence electrons. The Hall–Kier alpha value is -1.65.